The van der Waals surface area contributed by atoms with E-state index in [-0.39, 0.29) is 25.3 Å². The summed E-state index contributed by atoms with van der Waals surface area (Å²) in [4.78, 5) is 73.1. The van der Waals surface area contributed by atoms with E-state index in [0.717, 1.165) is 0 Å². The van der Waals surface area contributed by atoms with Gasteiger partial charge in [0.1, 0.15) is 12.1 Å². The lowest BCUT2D eigenvalue weighted by molar-refractivity contribution is -0.144. The Morgan fingerprint density at radius 2 is 1.35 bits per heavy atom. The van der Waals surface area contributed by atoms with Gasteiger partial charge in [0, 0.05) is 19.4 Å². The van der Waals surface area contributed by atoms with E-state index in [1.54, 1.807) is 0 Å². The van der Waals surface area contributed by atoms with Crippen LogP contribution in [0.1, 0.15) is 38.5 Å². The van der Waals surface area contributed by atoms with Gasteiger partial charge in [-0.05, 0) is 25.7 Å². The molecule has 0 rings (SSSR count). The Balaban J connectivity index is 4.89. The first-order chi connectivity index (χ1) is 15.8. The van der Waals surface area contributed by atoms with Gasteiger partial charge in [0.2, 0.25) is 17.7 Å². The van der Waals surface area contributed by atoms with Crippen molar-refractivity contribution in [3.8, 4) is 0 Å². The van der Waals surface area contributed by atoms with Crippen LogP contribution in [0.4, 0.5) is 0 Å². The van der Waals surface area contributed by atoms with Crippen LogP contribution in [-0.2, 0) is 28.8 Å². The minimum Gasteiger partial charge on any atom is -0.481 e. The third kappa shape index (κ3) is 14.2. The van der Waals surface area contributed by atoms with Crippen LogP contribution in [0.3, 0.4) is 0 Å². The van der Waals surface area contributed by atoms with Gasteiger partial charge in [0.15, 0.2) is 5.96 Å². The summed E-state index contributed by atoms with van der Waals surface area (Å²) < 4.78 is 0. The fraction of sp³-hybridized carbons (Fsp3) is 0.611. The number of carbonyl (C=O) groups excluding carboxylic acids is 3. The molecule has 3 atom stereocenters. The summed E-state index contributed by atoms with van der Waals surface area (Å²) in [6, 6.07) is -3.97. The average Bonchev–Trinajstić information content (AvgIpc) is 2.74. The van der Waals surface area contributed by atoms with Gasteiger partial charge >= 0.3 is 17.9 Å². The fourth-order valence-corrected chi connectivity index (χ4v) is 2.53. The van der Waals surface area contributed by atoms with Gasteiger partial charge in [-0.2, -0.15) is 0 Å². The number of aliphatic carboxylic acids is 3. The van der Waals surface area contributed by atoms with Crippen LogP contribution >= 0.6 is 0 Å². The van der Waals surface area contributed by atoms with Crippen molar-refractivity contribution in [3.05, 3.63) is 0 Å². The Morgan fingerprint density at radius 3 is 1.85 bits per heavy atom. The number of rotatable bonds is 17. The predicted octanol–water partition coefficient (Wildman–Crippen LogP) is -3.73. The van der Waals surface area contributed by atoms with Gasteiger partial charge < -0.3 is 48.5 Å². The highest BCUT2D eigenvalue weighted by Gasteiger charge is 2.27. The van der Waals surface area contributed by atoms with Crippen molar-refractivity contribution in [2.75, 3.05) is 13.1 Å². The molecule has 16 nitrogen and oxygen atoms in total. The third-order valence-electron chi connectivity index (χ3n) is 4.29. The summed E-state index contributed by atoms with van der Waals surface area (Å²) in [6.07, 6.45) is -1.24. The van der Waals surface area contributed by atoms with Gasteiger partial charge in [0.25, 0.3) is 0 Å². The van der Waals surface area contributed by atoms with E-state index in [2.05, 4.69) is 20.9 Å². The highest BCUT2D eigenvalue weighted by Crippen LogP contribution is 2.03. The smallest absolute Gasteiger partial charge is 0.326 e. The number of nitrogens with zero attached hydrogens (tertiary/aromatic N) is 1. The van der Waals surface area contributed by atoms with E-state index >= 15 is 0 Å². The molecule has 0 fully saturated rings. The maximum atomic E-state index is 12.4. The zero-order valence-electron chi connectivity index (χ0n) is 18.4. The molecule has 34 heavy (non-hydrogen) atoms. The molecule has 0 radical (unpaired) electrons. The Labute approximate surface area is 194 Å². The van der Waals surface area contributed by atoms with E-state index in [4.69, 9.17) is 32.5 Å². The maximum absolute atomic E-state index is 12.4. The van der Waals surface area contributed by atoms with E-state index < -0.39 is 79.6 Å². The SMILES string of the molecule is NC(N)=NCCCC(N)C(=O)NCC(=O)NC(CCC(=O)O)C(=O)NC(CCC(=O)O)C(=O)O. The second-order valence-electron chi connectivity index (χ2n) is 7.16. The number of nitrogens with one attached hydrogen (secondary N) is 3. The number of carboxylic acids is 3. The van der Waals surface area contributed by atoms with Crippen LogP contribution in [0.2, 0.25) is 0 Å². The molecule has 3 unspecified atom stereocenters. The number of hydrogen-bond acceptors (Lipinski definition) is 8. The Bertz CT molecular complexity index is 784. The van der Waals surface area contributed by atoms with Crippen molar-refractivity contribution < 1.29 is 44.1 Å². The van der Waals surface area contributed by atoms with E-state index in [1.807, 2.05) is 0 Å². The summed E-state index contributed by atoms with van der Waals surface area (Å²) in [5.74, 6) is -6.69. The van der Waals surface area contributed by atoms with Gasteiger partial charge in [-0.25, -0.2) is 4.79 Å². The van der Waals surface area contributed by atoms with Crippen molar-refractivity contribution in [1.29, 1.82) is 0 Å². The Kier molecular flexibility index (Phi) is 14.0. The van der Waals surface area contributed by atoms with Crippen molar-refractivity contribution in [2.24, 2.45) is 22.2 Å². The highest BCUT2D eigenvalue weighted by atomic mass is 16.4. The monoisotopic (exact) mass is 489 g/mol. The topological polar surface area (TPSA) is 290 Å². The number of hydrogen-bond donors (Lipinski definition) is 9. The third-order valence-corrected chi connectivity index (χ3v) is 4.29. The molecule has 16 heteroatoms. The van der Waals surface area contributed by atoms with Gasteiger partial charge in [-0.3, -0.25) is 29.0 Å². The Hall–Kier alpha value is -3.95. The molecule has 0 aromatic heterocycles. The van der Waals surface area contributed by atoms with Crippen LogP contribution < -0.4 is 33.2 Å². The van der Waals surface area contributed by atoms with Crippen molar-refractivity contribution in [2.45, 2.75) is 56.7 Å². The molecular weight excluding hydrogens is 458 g/mol. The van der Waals surface area contributed by atoms with Crippen LogP contribution in [-0.4, -0.2) is 88.1 Å². The van der Waals surface area contributed by atoms with E-state index in [1.165, 1.54) is 0 Å². The molecule has 0 saturated carbocycles. The molecular formula is C18H31N7O9. The molecule has 0 aliphatic carbocycles. The molecule has 0 aromatic rings. The predicted molar refractivity (Wildman–Crippen MR) is 116 cm³/mol. The van der Waals surface area contributed by atoms with Crippen molar-refractivity contribution in [1.82, 2.24) is 16.0 Å². The molecule has 0 saturated heterocycles. The number of amides is 3. The second-order valence-corrected chi connectivity index (χ2v) is 7.16. The van der Waals surface area contributed by atoms with Crippen LogP contribution in [0, 0.1) is 0 Å². The number of carboxylic acid groups (broad SMARTS) is 3. The lowest BCUT2D eigenvalue weighted by Gasteiger charge is -2.21. The molecule has 0 aliphatic rings. The quantitative estimate of drug-likeness (QED) is 0.0541. The minimum absolute atomic E-state index is 0.104. The van der Waals surface area contributed by atoms with Crippen molar-refractivity contribution in [3.63, 3.8) is 0 Å². The lowest BCUT2D eigenvalue weighted by atomic mass is 10.1. The van der Waals surface area contributed by atoms with Gasteiger partial charge in [0.05, 0.1) is 12.6 Å². The Morgan fingerprint density at radius 1 is 0.794 bits per heavy atom. The number of aliphatic imine (C=N–C) groups is 1. The maximum Gasteiger partial charge on any atom is 0.326 e. The zero-order valence-corrected chi connectivity index (χ0v) is 18.4. The molecule has 3 amide bonds. The first kappa shape index (κ1) is 30.1. The van der Waals surface area contributed by atoms with E-state index in [9.17, 15) is 28.8 Å². The van der Waals surface area contributed by atoms with Crippen LogP contribution in [0.5, 0.6) is 0 Å². The zero-order chi connectivity index (χ0) is 26.3. The first-order valence-electron chi connectivity index (χ1n) is 10.2. The molecule has 0 bridgehead atoms. The number of nitrogens with two attached hydrogens (primary N) is 3. The fourth-order valence-electron chi connectivity index (χ4n) is 2.53. The highest BCUT2D eigenvalue weighted by molar-refractivity contribution is 5.92. The summed E-state index contributed by atoms with van der Waals surface area (Å²) in [5.41, 5.74) is 16.1. The second kappa shape index (κ2) is 15.8. The summed E-state index contributed by atoms with van der Waals surface area (Å²) >= 11 is 0. The molecule has 192 valence electrons. The summed E-state index contributed by atoms with van der Waals surface area (Å²) in [5, 5.41) is 33.2. The number of guanidine groups is 1. The van der Waals surface area contributed by atoms with Crippen molar-refractivity contribution >= 4 is 41.6 Å². The van der Waals surface area contributed by atoms with E-state index in [0.29, 0.717) is 6.42 Å². The molecule has 12 N–H and O–H groups in total. The van der Waals surface area contributed by atoms with Gasteiger partial charge in [-0.15, -0.1) is 0 Å². The molecule has 0 aromatic carbocycles. The largest absolute Gasteiger partial charge is 0.481 e. The number of carbonyl (C=O) groups is 6. The van der Waals surface area contributed by atoms with Gasteiger partial charge in [-0.1, -0.05) is 0 Å². The lowest BCUT2D eigenvalue weighted by Crippen LogP contribution is -2.53. The normalized spacial score (nSPS) is 13.0. The summed E-state index contributed by atoms with van der Waals surface area (Å²) in [6.45, 7) is -0.327. The standard InChI is InChI=1S/C18H31N7O9/c19-9(2-1-7-22-18(20)21)15(31)23-8-12(26)24-10(3-5-13(27)28)16(32)25-11(17(33)34)4-6-14(29)30/h9-11H,1-8,19H2,(H,23,31)(H,24,26)(H,25,32)(H,27,28)(H,29,30)(H,33,34)(H4,20,21,22). The molecule has 0 aliphatic heterocycles. The van der Waals surface area contributed by atoms with Crippen LogP contribution in [0.25, 0.3) is 0 Å². The molecule has 0 heterocycles. The minimum atomic E-state index is -1.57. The average molecular weight is 489 g/mol. The molecule has 0 spiro atoms. The first-order valence-corrected chi connectivity index (χ1v) is 10.2. The van der Waals surface area contributed by atoms with Crippen LogP contribution in [0.15, 0.2) is 4.99 Å². The summed E-state index contributed by atoms with van der Waals surface area (Å²) in [7, 11) is 0.